The van der Waals surface area contributed by atoms with Gasteiger partial charge < -0.3 is 14.8 Å². The second-order valence-corrected chi connectivity index (χ2v) is 6.65. The summed E-state index contributed by atoms with van der Waals surface area (Å²) in [6.45, 7) is 4.97. The molecule has 26 heavy (non-hydrogen) atoms. The molecular formula is C22H27NO3. The van der Waals surface area contributed by atoms with Gasteiger partial charge in [-0.15, -0.1) is 0 Å². The molecule has 4 nitrogen and oxygen atoms in total. The number of amides is 1. The van der Waals surface area contributed by atoms with Gasteiger partial charge in [0.2, 0.25) is 5.91 Å². The molecule has 1 aliphatic heterocycles. The zero-order valence-electron chi connectivity index (χ0n) is 15.4. The van der Waals surface area contributed by atoms with Gasteiger partial charge in [-0.3, -0.25) is 4.79 Å². The highest BCUT2D eigenvalue weighted by Gasteiger charge is 2.41. The molecule has 1 N–H and O–H groups in total. The van der Waals surface area contributed by atoms with Crippen LogP contribution in [0.2, 0.25) is 0 Å². The molecule has 2 aromatic carbocycles. The number of benzene rings is 2. The maximum absolute atomic E-state index is 13.2. The largest absolute Gasteiger partial charge is 0.381 e. The number of rotatable bonds is 7. The maximum Gasteiger partial charge on any atom is 0.231 e. The molecule has 1 aliphatic rings. The van der Waals surface area contributed by atoms with Crippen LogP contribution in [0, 0.1) is 0 Å². The van der Waals surface area contributed by atoms with Gasteiger partial charge in [0.15, 0.2) is 0 Å². The Hall–Kier alpha value is -2.17. The van der Waals surface area contributed by atoms with Crippen molar-refractivity contribution in [3.63, 3.8) is 0 Å². The van der Waals surface area contributed by atoms with E-state index in [0.29, 0.717) is 45.8 Å². The molecule has 1 heterocycles. The number of nitrogens with one attached hydrogen (secondary N) is 1. The van der Waals surface area contributed by atoms with Crippen molar-refractivity contribution in [2.24, 2.45) is 0 Å². The van der Waals surface area contributed by atoms with Crippen LogP contribution in [0.4, 0.5) is 0 Å². The van der Waals surface area contributed by atoms with Crippen LogP contribution in [0.3, 0.4) is 0 Å². The third-order valence-electron chi connectivity index (χ3n) is 5.13. The number of hydrogen-bond donors (Lipinski definition) is 1. The second kappa shape index (κ2) is 8.97. The Morgan fingerprint density at radius 2 is 1.69 bits per heavy atom. The molecule has 3 rings (SSSR count). The van der Waals surface area contributed by atoms with Gasteiger partial charge >= 0.3 is 0 Å². The Bertz CT molecular complexity index is 708. The Morgan fingerprint density at radius 3 is 2.38 bits per heavy atom. The highest BCUT2D eigenvalue weighted by Crippen LogP contribution is 2.35. The molecule has 138 valence electrons. The average Bonchev–Trinajstić information content (AvgIpc) is 2.72. The van der Waals surface area contributed by atoms with E-state index in [1.165, 1.54) is 0 Å². The van der Waals surface area contributed by atoms with E-state index in [9.17, 15) is 4.79 Å². The van der Waals surface area contributed by atoms with Crippen molar-refractivity contribution < 1.29 is 14.3 Å². The van der Waals surface area contributed by atoms with Gasteiger partial charge in [-0.2, -0.15) is 0 Å². The Labute approximate surface area is 155 Å². The SMILES string of the molecule is CCOCc1ccccc1CNC(=O)C1(c2ccccc2)CCOCC1. The molecule has 0 spiro atoms. The minimum Gasteiger partial charge on any atom is -0.381 e. The standard InChI is InChI=1S/C22H27NO3/c1-2-25-17-19-9-7-6-8-18(19)16-23-21(24)22(12-14-26-15-13-22)20-10-4-3-5-11-20/h3-11H,2,12-17H2,1H3,(H,23,24). The van der Waals surface area contributed by atoms with Crippen molar-refractivity contribution in [3.05, 3.63) is 71.3 Å². The number of carbonyl (C=O) groups is 1. The molecule has 0 bridgehead atoms. The Kier molecular flexibility index (Phi) is 6.42. The molecule has 1 fully saturated rings. The zero-order valence-corrected chi connectivity index (χ0v) is 15.4. The molecule has 0 saturated carbocycles. The molecule has 1 amide bonds. The highest BCUT2D eigenvalue weighted by molar-refractivity contribution is 5.88. The molecule has 0 unspecified atom stereocenters. The fourth-order valence-corrected chi connectivity index (χ4v) is 3.55. The lowest BCUT2D eigenvalue weighted by molar-refractivity contribution is -0.130. The van der Waals surface area contributed by atoms with Crippen LogP contribution >= 0.6 is 0 Å². The van der Waals surface area contributed by atoms with Crippen LogP contribution in [-0.2, 0) is 32.8 Å². The van der Waals surface area contributed by atoms with Crippen molar-refractivity contribution in [2.75, 3.05) is 19.8 Å². The van der Waals surface area contributed by atoms with Gasteiger partial charge in [0, 0.05) is 26.4 Å². The summed E-state index contributed by atoms with van der Waals surface area (Å²) < 4.78 is 11.1. The van der Waals surface area contributed by atoms with Gasteiger partial charge in [0.05, 0.1) is 12.0 Å². The fraction of sp³-hybridized carbons (Fsp3) is 0.409. The van der Waals surface area contributed by atoms with E-state index in [1.54, 1.807) is 0 Å². The van der Waals surface area contributed by atoms with Crippen molar-refractivity contribution >= 4 is 5.91 Å². The third-order valence-corrected chi connectivity index (χ3v) is 5.13. The fourth-order valence-electron chi connectivity index (χ4n) is 3.55. The van der Waals surface area contributed by atoms with Gasteiger partial charge in [-0.25, -0.2) is 0 Å². The van der Waals surface area contributed by atoms with E-state index in [-0.39, 0.29) is 5.91 Å². The van der Waals surface area contributed by atoms with Gasteiger partial charge in [-0.1, -0.05) is 54.6 Å². The first-order valence-corrected chi connectivity index (χ1v) is 9.32. The van der Waals surface area contributed by atoms with Crippen LogP contribution in [0.5, 0.6) is 0 Å². The van der Waals surface area contributed by atoms with Gasteiger partial charge in [0.1, 0.15) is 0 Å². The number of hydrogen-bond acceptors (Lipinski definition) is 3. The minimum absolute atomic E-state index is 0.0817. The predicted molar refractivity (Wildman–Crippen MR) is 102 cm³/mol. The average molecular weight is 353 g/mol. The van der Waals surface area contributed by atoms with Crippen LogP contribution in [0.15, 0.2) is 54.6 Å². The normalized spacial score (nSPS) is 16.2. The minimum atomic E-state index is -0.506. The molecular weight excluding hydrogens is 326 g/mol. The number of ether oxygens (including phenoxy) is 2. The van der Waals surface area contributed by atoms with Crippen molar-refractivity contribution in [3.8, 4) is 0 Å². The van der Waals surface area contributed by atoms with Crippen LogP contribution in [-0.4, -0.2) is 25.7 Å². The van der Waals surface area contributed by atoms with E-state index in [1.807, 2.05) is 55.5 Å². The second-order valence-electron chi connectivity index (χ2n) is 6.65. The summed E-state index contributed by atoms with van der Waals surface area (Å²) in [6, 6.07) is 18.2. The van der Waals surface area contributed by atoms with Crippen LogP contribution in [0.25, 0.3) is 0 Å². The number of carbonyl (C=O) groups excluding carboxylic acids is 1. The molecule has 1 saturated heterocycles. The first-order valence-electron chi connectivity index (χ1n) is 9.32. The van der Waals surface area contributed by atoms with Gasteiger partial charge in [-0.05, 0) is 36.5 Å². The third kappa shape index (κ3) is 4.14. The molecule has 0 aliphatic carbocycles. The Balaban J connectivity index is 1.75. The summed E-state index contributed by atoms with van der Waals surface area (Å²) >= 11 is 0. The Morgan fingerprint density at radius 1 is 1.04 bits per heavy atom. The molecule has 2 aromatic rings. The molecule has 0 aromatic heterocycles. The summed E-state index contributed by atoms with van der Waals surface area (Å²) in [5, 5.41) is 3.17. The van der Waals surface area contributed by atoms with Crippen molar-refractivity contribution in [1.29, 1.82) is 0 Å². The van der Waals surface area contributed by atoms with E-state index < -0.39 is 5.41 Å². The van der Waals surface area contributed by atoms with Gasteiger partial charge in [0.25, 0.3) is 0 Å². The molecule has 4 heteroatoms. The van der Waals surface area contributed by atoms with Crippen LogP contribution in [0.1, 0.15) is 36.5 Å². The van der Waals surface area contributed by atoms with E-state index in [0.717, 1.165) is 16.7 Å². The first-order chi connectivity index (χ1) is 12.8. The van der Waals surface area contributed by atoms with E-state index in [4.69, 9.17) is 9.47 Å². The quantitative estimate of drug-likeness (QED) is 0.827. The van der Waals surface area contributed by atoms with E-state index in [2.05, 4.69) is 11.4 Å². The monoisotopic (exact) mass is 353 g/mol. The summed E-state index contributed by atoms with van der Waals surface area (Å²) in [5.41, 5.74) is 2.79. The summed E-state index contributed by atoms with van der Waals surface area (Å²) in [6.07, 6.45) is 1.42. The lowest BCUT2D eigenvalue weighted by Gasteiger charge is -2.36. The lowest BCUT2D eigenvalue weighted by Crippen LogP contribution is -2.47. The lowest BCUT2D eigenvalue weighted by atomic mass is 9.73. The summed E-state index contributed by atoms with van der Waals surface area (Å²) in [7, 11) is 0. The topological polar surface area (TPSA) is 47.6 Å². The van der Waals surface area contributed by atoms with E-state index >= 15 is 0 Å². The smallest absolute Gasteiger partial charge is 0.231 e. The van der Waals surface area contributed by atoms with Crippen LogP contribution < -0.4 is 5.32 Å². The van der Waals surface area contributed by atoms with Crippen molar-refractivity contribution in [2.45, 2.75) is 38.3 Å². The summed E-state index contributed by atoms with van der Waals surface area (Å²) in [5.74, 6) is 0.0817. The predicted octanol–water partition coefficient (Wildman–Crippen LogP) is 3.59. The first kappa shape index (κ1) is 18.6. The molecule has 0 atom stereocenters. The highest BCUT2D eigenvalue weighted by atomic mass is 16.5. The maximum atomic E-state index is 13.2. The zero-order chi connectivity index (χ0) is 18.2. The molecule has 0 radical (unpaired) electrons. The summed E-state index contributed by atoms with van der Waals surface area (Å²) in [4.78, 5) is 13.2. The van der Waals surface area contributed by atoms with Crippen molar-refractivity contribution in [1.82, 2.24) is 5.32 Å².